The van der Waals surface area contributed by atoms with E-state index in [0.717, 1.165) is 12.1 Å². The lowest BCUT2D eigenvalue weighted by atomic mass is 9.98. The fourth-order valence-electron chi connectivity index (χ4n) is 3.10. The largest absolute Gasteiger partial charge is 0.361 e. The Balaban J connectivity index is 1.70. The average Bonchev–Trinajstić information content (AvgIpc) is 3.11. The fraction of sp³-hybridized carbons (Fsp3) is 0.167. The van der Waals surface area contributed by atoms with E-state index in [9.17, 15) is 0 Å². The monoisotopic (exact) mass is 275 g/mol. The molecule has 1 aliphatic heterocycles. The second-order valence-corrected chi connectivity index (χ2v) is 5.50. The lowest BCUT2D eigenvalue weighted by Crippen LogP contribution is -2.13. The molecule has 0 saturated carbocycles. The van der Waals surface area contributed by atoms with Gasteiger partial charge in [0.2, 0.25) is 0 Å². The lowest BCUT2D eigenvalue weighted by Gasteiger charge is -2.18. The van der Waals surface area contributed by atoms with Gasteiger partial charge >= 0.3 is 0 Å². The molecule has 3 nitrogen and oxygen atoms in total. The number of aromatic nitrogens is 1. The first-order chi connectivity index (χ1) is 10.3. The van der Waals surface area contributed by atoms with Crippen LogP contribution in [-0.2, 0) is 0 Å². The second kappa shape index (κ2) is 4.77. The van der Waals surface area contributed by atoms with Crippen LogP contribution < -0.4 is 0 Å². The van der Waals surface area contributed by atoms with Gasteiger partial charge in [0.25, 0.3) is 0 Å². The van der Waals surface area contributed by atoms with Crippen molar-refractivity contribution >= 4 is 16.6 Å². The highest BCUT2D eigenvalue weighted by Crippen LogP contribution is 2.35. The quantitative estimate of drug-likeness (QED) is 0.754. The molecule has 1 aromatic heterocycles. The van der Waals surface area contributed by atoms with Gasteiger partial charge in [0.05, 0.1) is 11.8 Å². The number of aromatic amines is 1. The summed E-state index contributed by atoms with van der Waals surface area (Å²) in [4.78, 5) is 3.36. The van der Waals surface area contributed by atoms with Crippen molar-refractivity contribution < 1.29 is 0 Å². The Bertz CT molecular complexity index is 801. The molecule has 0 saturated heterocycles. The van der Waals surface area contributed by atoms with E-state index in [4.69, 9.17) is 5.10 Å². The first-order valence-corrected chi connectivity index (χ1v) is 7.24. The second-order valence-electron chi connectivity index (χ2n) is 5.50. The number of rotatable bonds is 2. The minimum Gasteiger partial charge on any atom is -0.361 e. The highest BCUT2D eigenvalue weighted by Gasteiger charge is 2.27. The highest BCUT2D eigenvalue weighted by molar-refractivity contribution is 6.02. The van der Waals surface area contributed by atoms with Crippen LogP contribution in [0, 0.1) is 0 Å². The van der Waals surface area contributed by atoms with Gasteiger partial charge in [-0.25, -0.2) is 0 Å². The van der Waals surface area contributed by atoms with E-state index in [2.05, 4.69) is 71.8 Å². The summed E-state index contributed by atoms with van der Waals surface area (Å²) >= 11 is 0. The maximum atomic E-state index is 4.74. The first kappa shape index (κ1) is 12.2. The number of fused-ring (bicyclic) bond motifs is 1. The van der Waals surface area contributed by atoms with Crippen LogP contribution in [0.3, 0.4) is 0 Å². The van der Waals surface area contributed by atoms with Crippen LogP contribution in [0.25, 0.3) is 10.9 Å². The summed E-state index contributed by atoms with van der Waals surface area (Å²) in [5.41, 5.74) is 4.89. The standard InChI is InChI=1S/C18H17N3/c1-21-18(11-17(20-21)13-7-3-2-4-8-13)15-12-19-16-10-6-5-9-14(15)16/h2-10,12,18-19H,11H2,1H3. The van der Waals surface area contributed by atoms with Gasteiger partial charge < -0.3 is 4.98 Å². The highest BCUT2D eigenvalue weighted by atomic mass is 15.5. The molecule has 21 heavy (non-hydrogen) atoms. The van der Waals surface area contributed by atoms with Crippen LogP contribution in [0.5, 0.6) is 0 Å². The van der Waals surface area contributed by atoms with Gasteiger partial charge in [0.15, 0.2) is 0 Å². The molecule has 2 aromatic carbocycles. The summed E-state index contributed by atoms with van der Waals surface area (Å²) in [6.45, 7) is 0. The molecule has 1 atom stereocenters. The Kier molecular flexibility index (Phi) is 2.78. The minimum atomic E-state index is 0.302. The zero-order valence-corrected chi connectivity index (χ0v) is 12.0. The SMILES string of the molecule is CN1N=C(c2ccccc2)CC1c1c[nH]c2ccccc12. The third kappa shape index (κ3) is 2.02. The van der Waals surface area contributed by atoms with Gasteiger partial charge in [-0.15, -0.1) is 0 Å². The zero-order valence-electron chi connectivity index (χ0n) is 12.0. The van der Waals surface area contributed by atoms with Crippen LogP contribution in [0.1, 0.15) is 23.6 Å². The van der Waals surface area contributed by atoms with Crippen molar-refractivity contribution in [2.75, 3.05) is 7.05 Å². The molecule has 104 valence electrons. The molecule has 1 N–H and O–H groups in total. The van der Waals surface area contributed by atoms with Crippen molar-refractivity contribution in [3.8, 4) is 0 Å². The molecule has 4 rings (SSSR count). The summed E-state index contributed by atoms with van der Waals surface area (Å²) in [6.07, 6.45) is 3.07. The van der Waals surface area contributed by atoms with Gasteiger partial charge in [0, 0.05) is 36.1 Å². The number of nitrogens with zero attached hydrogens (tertiary/aromatic N) is 2. The summed E-state index contributed by atoms with van der Waals surface area (Å²) in [6, 6.07) is 19.2. The molecule has 3 heteroatoms. The molecular weight excluding hydrogens is 258 g/mol. The van der Waals surface area contributed by atoms with Crippen LogP contribution in [-0.4, -0.2) is 22.8 Å². The molecule has 3 aromatic rings. The number of hydrogen-bond acceptors (Lipinski definition) is 2. The number of H-pyrrole nitrogens is 1. The van der Waals surface area contributed by atoms with Crippen molar-refractivity contribution in [1.82, 2.24) is 9.99 Å². The van der Waals surface area contributed by atoms with E-state index >= 15 is 0 Å². The smallest absolute Gasteiger partial charge is 0.0793 e. The van der Waals surface area contributed by atoms with Gasteiger partial charge in [0.1, 0.15) is 0 Å². The van der Waals surface area contributed by atoms with Crippen molar-refractivity contribution in [3.63, 3.8) is 0 Å². The zero-order chi connectivity index (χ0) is 14.2. The van der Waals surface area contributed by atoms with Crippen molar-refractivity contribution in [2.24, 2.45) is 5.10 Å². The van der Waals surface area contributed by atoms with E-state index in [0.29, 0.717) is 6.04 Å². The average molecular weight is 275 g/mol. The molecule has 0 spiro atoms. The lowest BCUT2D eigenvalue weighted by molar-refractivity contribution is 0.291. The Morgan fingerprint density at radius 3 is 2.67 bits per heavy atom. The first-order valence-electron chi connectivity index (χ1n) is 7.24. The van der Waals surface area contributed by atoms with Gasteiger partial charge in [-0.2, -0.15) is 5.10 Å². The predicted octanol–water partition coefficient (Wildman–Crippen LogP) is 3.95. The van der Waals surface area contributed by atoms with E-state index in [1.165, 1.54) is 22.0 Å². The molecule has 0 aliphatic carbocycles. The maximum absolute atomic E-state index is 4.74. The number of hydrazone groups is 1. The van der Waals surface area contributed by atoms with Gasteiger partial charge in [-0.1, -0.05) is 48.5 Å². The van der Waals surface area contributed by atoms with Crippen molar-refractivity contribution in [3.05, 3.63) is 71.9 Å². The topological polar surface area (TPSA) is 31.4 Å². The molecule has 1 unspecified atom stereocenters. The van der Waals surface area contributed by atoms with E-state index in [1.807, 2.05) is 6.07 Å². The van der Waals surface area contributed by atoms with Crippen molar-refractivity contribution in [2.45, 2.75) is 12.5 Å². The van der Waals surface area contributed by atoms with Crippen LogP contribution in [0.15, 0.2) is 65.9 Å². The molecular formula is C18H17N3. The summed E-state index contributed by atoms with van der Waals surface area (Å²) in [5, 5.41) is 8.11. The molecule has 0 fully saturated rings. The minimum absolute atomic E-state index is 0.302. The van der Waals surface area contributed by atoms with E-state index in [1.54, 1.807) is 0 Å². The normalized spacial score (nSPS) is 18.2. The maximum Gasteiger partial charge on any atom is 0.0793 e. The van der Waals surface area contributed by atoms with Crippen LogP contribution in [0.4, 0.5) is 0 Å². The predicted molar refractivity (Wildman–Crippen MR) is 86.4 cm³/mol. The Labute approximate surface area is 123 Å². The van der Waals surface area contributed by atoms with E-state index < -0.39 is 0 Å². The van der Waals surface area contributed by atoms with E-state index in [-0.39, 0.29) is 0 Å². The Morgan fingerprint density at radius 2 is 1.81 bits per heavy atom. The number of hydrogen-bond donors (Lipinski definition) is 1. The number of para-hydroxylation sites is 1. The summed E-state index contributed by atoms with van der Waals surface area (Å²) in [7, 11) is 2.06. The third-order valence-electron chi connectivity index (χ3n) is 4.20. The van der Waals surface area contributed by atoms with Crippen LogP contribution >= 0.6 is 0 Å². The third-order valence-corrected chi connectivity index (χ3v) is 4.20. The molecule has 1 aliphatic rings. The Hall–Kier alpha value is -2.55. The fourth-order valence-corrected chi connectivity index (χ4v) is 3.10. The number of nitrogens with one attached hydrogen (secondary N) is 1. The molecule has 2 heterocycles. The molecule has 0 bridgehead atoms. The van der Waals surface area contributed by atoms with Crippen LogP contribution in [0.2, 0.25) is 0 Å². The molecule has 0 radical (unpaired) electrons. The van der Waals surface area contributed by atoms with Gasteiger partial charge in [-0.05, 0) is 11.6 Å². The summed E-state index contributed by atoms with van der Waals surface area (Å²) in [5.74, 6) is 0. The summed E-state index contributed by atoms with van der Waals surface area (Å²) < 4.78 is 0. The Morgan fingerprint density at radius 1 is 1.05 bits per heavy atom. The molecule has 0 amide bonds. The van der Waals surface area contributed by atoms with Gasteiger partial charge in [-0.3, -0.25) is 5.01 Å². The van der Waals surface area contributed by atoms with Crippen molar-refractivity contribution in [1.29, 1.82) is 0 Å². The number of benzene rings is 2.